The van der Waals surface area contributed by atoms with Gasteiger partial charge in [-0.15, -0.1) is 0 Å². The Balaban J connectivity index is 1.96. The zero-order valence-electron chi connectivity index (χ0n) is 10.8. The topological polar surface area (TPSA) is 47.0 Å². The fourth-order valence-electron chi connectivity index (χ4n) is 2.42. The minimum Gasteiger partial charge on any atom is -0.481 e. The molecule has 0 saturated heterocycles. The Morgan fingerprint density at radius 2 is 2.06 bits per heavy atom. The third-order valence-corrected chi connectivity index (χ3v) is 3.80. The van der Waals surface area contributed by atoms with Gasteiger partial charge in [0.2, 0.25) is 5.88 Å². The van der Waals surface area contributed by atoms with E-state index in [4.69, 9.17) is 4.74 Å². The summed E-state index contributed by atoms with van der Waals surface area (Å²) in [5, 5.41) is 3.48. The molecule has 1 aliphatic rings. The van der Waals surface area contributed by atoms with Crippen LogP contribution in [0.1, 0.15) is 33.1 Å². The number of anilines is 1. The molecule has 1 fully saturated rings. The van der Waals surface area contributed by atoms with Crippen molar-refractivity contribution < 1.29 is 4.74 Å². The third kappa shape index (κ3) is 3.08. The summed E-state index contributed by atoms with van der Waals surface area (Å²) < 4.78 is 5.09. The van der Waals surface area contributed by atoms with Crippen LogP contribution < -0.4 is 10.1 Å². The molecule has 0 radical (unpaired) electrons. The van der Waals surface area contributed by atoms with Crippen molar-refractivity contribution in [3.05, 3.63) is 12.4 Å². The molecule has 3 atom stereocenters. The van der Waals surface area contributed by atoms with Gasteiger partial charge in [0.25, 0.3) is 0 Å². The Labute approximate surface area is 103 Å². The molecule has 1 aromatic rings. The van der Waals surface area contributed by atoms with E-state index in [1.165, 1.54) is 25.6 Å². The van der Waals surface area contributed by atoms with Gasteiger partial charge in [-0.25, -0.2) is 9.97 Å². The van der Waals surface area contributed by atoms with E-state index in [1.807, 2.05) is 6.07 Å². The van der Waals surface area contributed by atoms with Crippen molar-refractivity contribution in [1.29, 1.82) is 0 Å². The Morgan fingerprint density at radius 3 is 2.76 bits per heavy atom. The van der Waals surface area contributed by atoms with Gasteiger partial charge >= 0.3 is 0 Å². The number of hydrogen-bond acceptors (Lipinski definition) is 4. The molecular formula is C13H21N3O. The van der Waals surface area contributed by atoms with E-state index >= 15 is 0 Å². The van der Waals surface area contributed by atoms with Crippen molar-refractivity contribution in [3.8, 4) is 5.88 Å². The van der Waals surface area contributed by atoms with Crippen molar-refractivity contribution in [2.24, 2.45) is 11.8 Å². The zero-order valence-corrected chi connectivity index (χ0v) is 10.8. The molecule has 1 N–H and O–H groups in total. The number of nitrogens with zero attached hydrogens (tertiary/aromatic N) is 2. The number of aromatic nitrogens is 2. The van der Waals surface area contributed by atoms with Gasteiger partial charge < -0.3 is 10.1 Å². The summed E-state index contributed by atoms with van der Waals surface area (Å²) in [5.74, 6) is 3.10. The summed E-state index contributed by atoms with van der Waals surface area (Å²) in [6.45, 7) is 4.67. The highest BCUT2D eigenvalue weighted by molar-refractivity contribution is 5.38. The highest BCUT2D eigenvalue weighted by Crippen LogP contribution is 2.30. The van der Waals surface area contributed by atoms with E-state index in [0.29, 0.717) is 11.9 Å². The van der Waals surface area contributed by atoms with Crippen LogP contribution in [0, 0.1) is 11.8 Å². The second-order valence-corrected chi connectivity index (χ2v) is 5.05. The average molecular weight is 235 g/mol. The van der Waals surface area contributed by atoms with Crippen LogP contribution in [0.5, 0.6) is 5.88 Å². The minimum absolute atomic E-state index is 0.529. The van der Waals surface area contributed by atoms with E-state index in [2.05, 4.69) is 29.1 Å². The SMILES string of the molecule is COc1cc(NC2CCC(C)C(C)C2)ncn1. The van der Waals surface area contributed by atoms with Crippen LogP contribution in [-0.2, 0) is 0 Å². The van der Waals surface area contributed by atoms with E-state index in [0.717, 1.165) is 17.7 Å². The van der Waals surface area contributed by atoms with Crippen LogP contribution in [0.4, 0.5) is 5.82 Å². The van der Waals surface area contributed by atoms with E-state index in [9.17, 15) is 0 Å². The maximum atomic E-state index is 5.09. The lowest BCUT2D eigenvalue weighted by Gasteiger charge is -2.32. The highest BCUT2D eigenvalue weighted by atomic mass is 16.5. The van der Waals surface area contributed by atoms with Crippen molar-refractivity contribution >= 4 is 5.82 Å². The second kappa shape index (κ2) is 5.34. The Morgan fingerprint density at radius 1 is 1.24 bits per heavy atom. The van der Waals surface area contributed by atoms with Gasteiger partial charge in [0.15, 0.2) is 0 Å². The fourth-order valence-corrected chi connectivity index (χ4v) is 2.42. The second-order valence-electron chi connectivity index (χ2n) is 5.05. The summed E-state index contributed by atoms with van der Waals surface area (Å²) in [6.07, 6.45) is 5.27. The smallest absolute Gasteiger partial charge is 0.218 e. The maximum Gasteiger partial charge on any atom is 0.218 e. The molecule has 2 rings (SSSR count). The van der Waals surface area contributed by atoms with Gasteiger partial charge in [0.05, 0.1) is 7.11 Å². The van der Waals surface area contributed by atoms with Crippen LogP contribution in [0.25, 0.3) is 0 Å². The molecule has 94 valence electrons. The molecule has 1 aromatic heterocycles. The largest absolute Gasteiger partial charge is 0.481 e. The highest BCUT2D eigenvalue weighted by Gasteiger charge is 2.24. The fraction of sp³-hybridized carbons (Fsp3) is 0.692. The average Bonchev–Trinajstić information content (AvgIpc) is 2.34. The van der Waals surface area contributed by atoms with Gasteiger partial charge in [-0.05, 0) is 31.1 Å². The molecule has 0 aliphatic heterocycles. The Hall–Kier alpha value is -1.32. The van der Waals surface area contributed by atoms with Crippen LogP contribution in [0.3, 0.4) is 0 Å². The normalized spacial score (nSPS) is 28.8. The Kier molecular flexibility index (Phi) is 3.82. The van der Waals surface area contributed by atoms with Crippen LogP contribution >= 0.6 is 0 Å². The molecule has 4 heteroatoms. The quantitative estimate of drug-likeness (QED) is 0.875. The molecule has 0 amide bonds. The van der Waals surface area contributed by atoms with E-state index < -0.39 is 0 Å². The first kappa shape index (κ1) is 12.1. The monoisotopic (exact) mass is 235 g/mol. The molecule has 3 unspecified atom stereocenters. The summed E-state index contributed by atoms with van der Waals surface area (Å²) in [5.41, 5.74) is 0. The zero-order chi connectivity index (χ0) is 12.3. The predicted octanol–water partition coefficient (Wildman–Crippen LogP) is 2.72. The van der Waals surface area contributed by atoms with Crippen LogP contribution in [0.15, 0.2) is 12.4 Å². The van der Waals surface area contributed by atoms with Crippen molar-refractivity contribution in [2.75, 3.05) is 12.4 Å². The van der Waals surface area contributed by atoms with Crippen molar-refractivity contribution in [1.82, 2.24) is 9.97 Å². The van der Waals surface area contributed by atoms with Gasteiger partial charge in [0, 0.05) is 12.1 Å². The van der Waals surface area contributed by atoms with Gasteiger partial charge in [0.1, 0.15) is 12.1 Å². The molecule has 0 aromatic carbocycles. The molecule has 1 heterocycles. The Bertz CT molecular complexity index is 369. The molecular weight excluding hydrogens is 214 g/mol. The molecule has 0 bridgehead atoms. The predicted molar refractivity (Wildman–Crippen MR) is 68.2 cm³/mol. The van der Waals surface area contributed by atoms with Crippen LogP contribution in [0.2, 0.25) is 0 Å². The van der Waals surface area contributed by atoms with Crippen LogP contribution in [-0.4, -0.2) is 23.1 Å². The first-order chi connectivity index (χ1) is 8.19. The minimum atomic E-state index is 0.529. The maximum absolute atomic E-state index is 5.09. The van der Waals surface area contributed by atoms with Gasteiger partial charge in [-0.2, -0.15) is 0 Å². The summed E-state index contributed by atoms with van der Waals surface area (Å²) in [6, 6.07) is 2.38. The lowest BCUT2D eigenvalue weighted by molar-refractivity contribution is 0.260. The molecule has 1 aliphatic carbocycles. The number of rotatable bonds is 3. The third-order valence-electron chi connectivity index (χ3n) is 3.80. The summed E-state index contributed by atoms with van der Waals surface area (Å²) in [7, 11) is 1.62. The lowest BCUT2D eigenvalue weighted by Crippen LogP contribution is -2.30. The molecule has 0 spiro atoms. The van der Waals surface area contributed by atoms with Gasteiger partial charge in [-0.3, -0.25) is 0 Å². The first-order valence-corrected chi connectivity index (χ1v) is 6.31. The number of ether oxygens (including phenoxy) is 1. The number of nitrogens with one attached hydrogen (secondary N) is 1. The van der Waals surface area contributed by atoms with Crippen molar-refractivity contribution in [3.63, 3.8) is 0 Å². The molecule has 1 saturated carbocycles. The number of hydrogen-bond donors (Lipinski definition) is 1. The number of methoxy groups -OCH3 is 1. The molecule has 4 nitrogen and oxygen atoms in total. The van der Waals surface area contributed by atoms with Crippen molar-refractivity contribution in [2.45, 2.75) is 39.2 Å². The van der Waals surface area contributed by atoms with Gasteiger partial charge in [-0.1, -0.05) is 13.8 Å². The summed E-state index contributed by atoms with van der Waals surface area (Å²) in [4.78, 5) is 8.23. The lowest BCUT2D eigenvalue weighted by atomic mass is 9.79. The van der Waals surface area contributed by atoms with E-state index in [1.54, 1.807) is 7.11 Å². The summed E-state index contributed by atoms with van der Waals surface area (Å²) >= 11 is 0. The standard InChI is InChI=1S/C13H21N3O/c1-9-4-5-11(6-10(9)2)16-12-7-13(17-3)15-8-14-12/h7-11H,4-6H2,1-3H3,(H,14,15,16). The first-order valence-electron chi connectivity index (χ1n) is 6.31. The van der Waals surface area contributed by atoms with E-state index in [-0.39, 0.29) is 0 Å². The molecule has 17 heavy (non-hydrogen) atoms.